The van der Waals surface area contributed by atoms with E-state index in [4.69, 9.17) is 18.0 Å². The zero-order chi connectivity index (χ0) is 14.0. The highest BCUT2D eigenvalue weighted by Crippen LogP contribution is 2.44. The van der Waals surface area contributed by atoms with Crippen molar-refractivity contribution >= 4 is 23.1 Å². The van der Waals surface area contributed by atoms with E-state index in [0.29, 0.717) is 16.9 Å². The molecule has 4 heteroatoms. The number of carbonyl (C=O) groups excluding carboxylic acids is 1. The summed E-state index contributed by atoms with van der Waals surface area (Å²) < 4.78 is 0. The van der Waals surface area contributed by atoms with Crippen molar-refractivity contribution in [3.05, 3.63) is 0 Å². The van der Waals surface area contributed by atoms with Gasteiger partial charge in [-0.25, -0.2) is 0 Å². The Labute approximate surface area is 121 Å². The lowest BCUT2D eigenvalue weighted by molar-refractivity contribution is -0.145. The third-order valence-corrected chi connectivity index (χ3v) is 5.07. The summed E-state index contributed by atoms with van der Waals surface area (Å²) in [5.41, 5.74) is 5.38. The fourth-order valence-corrected chi connectivity index (χ4v) is 3.67. The topological polar surface area (TPSA) is 46.3 Å². The first-order chi connectivity index (χ1) is 8.97. The third-order valence-electron chi connectivity index (χ3n) is 4.68. The molecule has 0 aromatic carbocycles. The number of thiocarbonyl (C=S) groups is 1. The molecule has 0 radical (unpaired) electrons. The second-order valence-electron chi connectivity index (χ2n) is 6.59. The minimum atomic E-state index is -0.507. The van der Waals surface area contributed by atoms with Crippen LogP contribution in [0.1, 0.15) is 58.8 Å². The van der Waals surface area contributed by atoms with E-state index in [0.717, 1.165) is 38.6 Å². The normalized spacial score (nSPS) is 22.3. The van der Waals surface area contributed by atoms with Crippen molar-refractivity contribution in [2.24, 2.45) is 17.1 Å². The minimum Gasteiger partial charge on any atom is -0.392 e. The van der Waals surface area contributed by atoms with Crippen LogP contribution < -0.4 is 5.73 Å². The summed E-state index contributed by atoms with van der Waals surface area (Å²) in [6, 6.07) is 0.418. The Bertz CT molecular complexity index is 357. The molecule has 19 heavy (non-hydrogen) atoms. The van der Waals surface area contributed by atoms with E-state index in [1.54, 1.807) is 0 Å². The molecule has 0 atom stereocenters. The number of carbonyl (C=O) groups is 1. The second-order valence-corrected chi connectivity index (χ2v) is 7.03. The predicted octanol–water partition coefficient (Wildman–Crippen LogP) is 2.87. The predicted molar refractivity (Wildman–Crippen MR) is 81.9 cm³/mol. The molecule has 1 amide bonds. The molecule has 2 aliphatic carbocycles. The van der Waals surface area contributed by atoms with Crippen molar-refractivity contribution in [3.8, 4) is 0 Å². The van der Waals surface area contributed by atoms with Gasteiger partial charge in [-0.1, -0.05) is 45.3 Å². The third kappa shape index (κ3) is 2.78. The first kappa shape index (κ1) is 14.8. The summed E-state index contributed by atoms with van der Waals surface area (Å²) in [6.45, 7) is 5.18. The highest BCUT2D eigenvalue weighted by Gasteiger charge is 2.50. The van der Waals surface area contributed by atoms with Gasteiger partial charge in [0.15, 0.2) is 0 Å². The van der Waals surface area contributed by atoms with Gasteiger partial charge in [-0.05, 0) is 31.6 Å². The van der Waals surface area contributed by atoms with Crippen molar-refractivity contribution in [2.45, 2.75) is 64.8 Å². The highest BCUT2D eigenvalue weighted by atomic mass is 32.1. The maximum atomic E-state index is 13.0. The minimum absolute atomic E-state index is 0.215. The zero-order valence-corrected chi connectivity index (χ0v) is 13.0. The quantitative estimate of drug-likeness (QED) is 0.789. The summed E-state index contributed by atoms with van der Waals surface area (Å²) in [5, 5.41) is 0. The van der Waals surface area contributed by atoms with Crippen LogP contribution in [0.25, 0.3) is 0 Å². The molecule has 0 aliphatic heterocycles. The van der Waals surface area contributed by atoms with Gasteiger partial charge >= 0.3 is 0 Å². The van der Waals surface area contributed by atoms with E-state index in [9.17, 15) is 4.79 Å². The SMILES string of the molecule is CC(C)CN(C(=O)C1(C(N)=S)CCC1)C1CCCC1. The molecular weight excluding hydrogens is 256 g/mol. The lowest BCUT2D eigenvalue weighted by Crippen LogP contribution is -2.57. The summed E-state index contributed by atoms with van der Waals surface area (Å²) >= 11 is 5.19. The molecule has 2 aliphatic rings. The number of rotatable bonds is 5. The lowest BCUT2D eigenvalue weighted by atomic mass is 9.67. The second kappa shape index (κ2) is 5.78. The van der Waals surface area contributed by atoms with Gasteiger partial charge in [0.05, 0.1) is 10.4 Å². The Hall–Kier alpha value is -0.640. The fourth-order valence-electron chi connectivity index (χ4n) is 3.38. The molecule has 0 aromatic rings. The smallest absolute Gasteiger partial charge is 0.235 e. The van der Waals surface area contributed by atoms with Crippen LogP contribution >= 0.6 is 12.2 Å². The molecule has 108 valence electrons. The highest BCUT2D eigenvalue weighted by molar-refractivity contribution is 7.80. The van der Waals surface area contributed by atoms with Crippen molar-refractivity contribution in [1.29, 1.82) is 0 Å². The van der Waals surface area contributed by atoms with Crippen LogP contribution in [-0.2, 0) is 4.79 Å². The van der Waals surface area contributed by atoms with Crippen molar-refractivity contribution in [1.82, 2.24) is 4.90 Å². The van der Waals surface area contributed by atoms with E-state index in [1.807, 2.05) is 0 Å². The summed E-state index contributed by atoms with van der Waals surface area (Å²) in [6.07, 6.45) is 7.55. The molecular formula is C15H26N2OS. The van der Waals surface area contributed by atoms with Gasteiger partial charge in [0.2, 0.25) is 5.91 Å². The number of hydrogen-bond acceptors (Lipinski definition) is 2. The van der Waals surface area contributed by atoms with Gasteiger partial charge in [0, 0.05) is 12.6 Å². The summed E-state index contributed by atoms with van der Waals surface area (Å²) in [4.78, 5) is 15.5. The molecule has 2 N–H and O–H groups in total. The number of hydrogen-bond donors (Lipinski definition) is 1. The van der Waals surface area contributed by atoms with Gasteiger partial charge in [-0.15, -0.1) is 0 Å². The average molecular weight is 282 g/mol. The lowest BCUT2D eigenvalue weighted by Gasteiger charge is -2.45. The first-order valence-corrected chi connectivity index (χ1v) is 7.99. The maximum Gasteiger partial charge on any atom is 0.235 e. The molecule has 0 bridgehead atoms. The van der Waals surface area contributed by atoms with Crippen molar-refractivity contribution in [3.63, 3.8) is 0 Å². The Morgan fingerprint density at radius 1 is 1.32 bits per heavy atom. The van der Waals surface area contributed by atoms with Crippen LogP contribution in [0.2, 0.25) is 0 Å². The Morgan fingerprint density at radius 2 is 1.89 bits per heavy atom. The van der Waals surface area contributed by atoms with Gasteiger partial charge in [-0.2, -0.15) is 0 Å². The van der Waals surface area contributed by atoms with Crippen LogP contribution in [0.3, 0.4) is 0 Å². The molecule has 0 unspecified atom stereocenters. The van der Waals surface area contributed by atoms with E-state index < -0.39 is 5.41 Å². The van der Waals surface area contributed by atoms with E-state index in [-0.39, 0.29) is 5.91 Å². The number of nitrogens with two attached hydrogens (primary N) is 1. The number of nitrogens with zero attached hydrogens (tertiary/aromatic N) is 1. The fraction of sp³-hybridized carbons (Fsp3) is 0.867. The van der Waals surface area contributed by atoms with Crippen LogP contribution in [0.15, 0.2) is 0 Å². The molecule has 3 nitrogen and oxygen atoms in total. The van der Waals surface area contributed by atoms with E-state index in [1.165, 1.54) is 12.8 Å². The Kier molecular flexibility index (Phi) is 4.49. The molecule has 2 fully saturated rings. The maximum absolute atomic E-state index is 13.0. The van der Waals surface area contributed by atoms with Crippen LogP contribution in [0.5, 0.6) is 0 Å². The van der Waals surface area contributed by atoms with Crippen molar-refractivity contribution < 1.29 is 4.79 Å². The molecule has 2 rings (SSSR count). The molecule has 0 heterocycles. The monoisotopic (exact) mass is 282 g/mol. The van der Waals surface area contributed by atoms with Gasteiger partial charge in [0.25, 0.3) is 0 Å². The Morgan fingerprint density at radius 3 is 2.26 bits per heavy atom. The summed E-state index contributed by atoms with van der Waals surface area (Å²) in [5.74, 6) is 0.708. The largest absolute Gasteiger partial charge is 0.392 e. The standard InChI is InChI=1S/C15H26N2OS/c1-11(2)10-17(12-6-3-4-7-12)14(18)15(13(16)19)8-5-9-15/h11-12H,3-10H2,1-2H3,(H2,16,19). The number of amides is 1. The van der Waals surface area contributed by atoms with Crippen LogP contribution in [0, 0.1) is 11.3 Å². The van der Waals surface area contributed by atoms with Gasteiger partial charge < -0.3 is 10.6 Å². The molecule has 0 spiro atoms. The molecule has 2 saturated carbocycles. The van der Waals surface area contributed by atoms with Crippen LogP contribution in [0.4, 0.5) is 0 Å². The van der Waals surface area contributed by atoms with E-state index in [2.05, 4.69) is 18.7 Å². The first-order valence-electron chi connectivity index (χ1n) is 7.58. The molecule has 0 saturated heterocycles. The zero-order valence-electron chi connectivity index (χ0n) is 12.2. The van der Waals surface area contributed by atoms with Crippen molar-refractivity contribution in [2.75, 3.05) is 6.54 Å². The van der Waals surface area contributed by atoms with Gasteiger partial charge in [0.1, 0.15) is 0 Å². The summed E-state index contributed by atoms with van der Waals surface area (Å²) in [7, 11) is 0. The van der Waals surface area contributed by atoms with E-state index >= 15 is 0 Å². The van der Waals surface area contributed by atoms with Crippen LogP contribution in [-0.4, -0.2) is 28.4 Å². The average Bonchev–Trinajstić information content (AvgIpc) is 2.76. The Balaban J connectivity index is 2.16. The van der Waals surface area contributed by atoms with Gasteiger partial charge in [-0.3, -0.25) is 4.79 Å². The molecule has 0 aromatic heterocycles.